The molecule has 13 nitrogen and oxygen atoms in total. The number of anilines is 2. The maximum atomic E-state index is 14.3. The summed E-state index contributed by atoms with van der Waals surface area (Å²) in [5, 5.41) is 15.2. The summed E-state index contributed by atoms with van der Waals surface area (Å²) in [5.74, 6) is -0.663. The van der Waals surface area contributed by atoms with Crippen molar-refractivity contribution in [2.24, 2.45) is 13.0 Å². The molecule has 3 N–H and O–H groups in total. The number of aliphatic hydroxyl groups excluding tert-OH is 1. The van der Waals surface area contributed by atoms with Crippen molar-refractivity contribution in [3.8, 4) is 5.75 Å². The van der Waals surface area contributed by atoms with E-state index in [2.05, 4.69) is 15.6 Å². The molecule has 0 radical (unpaired) electrons. The van der Waals surface area contributed by atoms with Crippen LogP contribution in [0.15, 0.2) is 60.0 Å². The highest BCUT2D eigenvalue weighted by atomic mass is 32.2. The Hall–Kier alpha value is -4.19. The minimum absolute atomic E-state index is 0.0200. The highest BCUT2D eigenvalue weighted by molar-refractivity contribution is 7.89. The molecule has 1 aliphatic heterocycles. The monoisotopic (exact) mass is 738 g/mol. The number of nitrogens with one attached hydrogen (secondary N) is 2. The Morgan fingerprint density at radius 2 is 1.78 bits per heavy atom. The number of carbonyl (C=O) groups excluding carboxylic acids is 2. The SMILES string of the molecule is C[C@@H]1CCCCO[C@@H](CN(C)S(=O)(=O)c2cn(C)cn2)[C@@H](C)CN([C@@H](C)CO)C(=O)c2cc(NC(=O)Nc3ccc(C(F)(F)F)cc3)ccc2O1. The molecule has 17 heteroatoms. The summed E-state index contributed by atoms with van der Waals surface area (Å²) in [6.07, 6.45) is -0.630. The van der Waals surface area contributed by atoms with Crippen LogP contribution < -0.4 is 15.4 Å². The van der Waals surface area contributed by atoms with E-state index in [1.807, 2.05) is 13.8 Å². The van der Waals surface area contributed by atoms with Crippen molar-refractivity contribution < 1.29 is 45.8 Å². The Morgan fingerprint density at radius 1 is 1.12 bits per heavy atom. The molecule has 2 aromatic carbocycles. The minimum Gasteiger partial charge on any atom is -0.490 e. The van der Waals surface area contributed by atoms with Crippen LogP contribution in [-0.2, 0) is 28.0 Å². The van der Waals surface area contributed by atoms with Crippen LogP contribution in [0, 0.1) is 5.92 Å². The Labute approximate surface area is 295 Å². The van der Waals surface area contributed by atoms with Gasteiger partial charge in [0.05, 0.1) is 42.3 Å². The molecule has 3 aromatic rings. The van der Waals surface area contributed by atoms with E-state index in [4.69, 9.17) is 9.47 Å². The highest BCUT2D eigenvalue weighted by Gasteiger charge is 2.33. The summed E-state index contributed by atoms with van der Waals surface area (Å²) in [5.41, 5.74) is -0.427. The largest absolute Gasteiger partial charge is 0.490 e. The second kappa shape index (κ2) is 16.9. The first kappa shape index (κ1) is 39.6. The number of halogens is 3. The molecule has 0 fully saturated rings. The molecule has 0 aliphatic carbocycles. The zero-order chi connectivity index (χ0) is 37.5. The molecule has 0 unspecified atom stereocenters. The van der Waals surface area contributed by atoms with Crippen molar-refractivity contribution in [1.29, 1.82) is 0 Å². The van der Waals surface area contributed by atoms with Gasteiger partial charge in [-0.1, -0.05) is 6.92 Å². The van der Waals surface area contributed by atoms with Gasteiger partial charge in [-0.05, 0) is 75.6 Å². The lowest BCUT2D eigenvalue weighted by atomic mass is 10.0. The van der Waals surface area contributed by atoms with Gasteiger partial charge < -0.3 is 34.7 Å². The molecule has 0 bridgehead atoms. The minimum atomic E-state index is -4.52. The van der Waals surface area contributed by atoms with Crippen LogP contribution in [0.1, 0.15) is 56.0 Å². The van der Waals surface area contributed by atoms with E-state index < -0.39 is 51.8 Å². The molecule has 51 heavy (non-hydrogen) atoms. The van der Waals surface area contributed by atoms with E-state index in [0.29, 0.717) is 19.4 Å². The van der Waals surface area contributed by atoms with Crippen LogP contribution in [0.2, 0.25) is 0 Å². The number of likely N-dealkylation sites (N-methyl/N-ethyl adjacent to an activating group) is 1. The number of urea groups is 1. The average Bonchev–Trinajstić information content (AvgIpc) is 3.52. The van der Waals surface area contributed by atoms with Gasteiger partial charge in [0.2, 0.25) is 0 Å². The first-order valence-corrected chi connectivity index (χ1v) is 18.0. The Bertz CT molecular complexity index is 1750. The second-order valence-electron chi connectivity index (χ2n) is 12.8. The number of benzene rings is 2. The molecule has 3 amide bonds. The Kier molecular flexibility index (Phi) is 13.1. The van der Waals surface area contributed by atoms with Gasteiger partial charge in [0.15, 0.2) is 5.03 Å². The van der Waals surface area contributed by atoms with Gasteiger partial charge in [0.25, 0.3) is 15.9 Å². The molecule has 280 valence electrons. The summed E-state index contributed by atoms with van der Waals surface area (Å²) in [6, 6.07) is 7.06. The van der Waals surface area contributed by atoms with E-state index in [-0.39, 0.29) is 53.5 Å². The number of fused-ring (bicyclic) bond motifs is 1. The fraction of sp³-hybridized carbons (Fsp3) is 0.500. The first-order valence-electron chi connectivity index (χ1n) is 16.5. The Balaban J connectivity index is 1.60. The standard InChI is InChI=1S/C34H45F3N6O7S/c1-22-17-43(23(2)20-44)32(45)28-16-27(40-33(46)39-26-11-9-25(10-12-26)34(35,36)37)13-14-29(28)50-24(3)8-6-7-15-49-30(22)18-42(5)51(47,48)31-19-41(4)21-38-31/h9-14,16,19,21-24,30,44H,6-8,15,17-18,20H2,1-5H3,(H2,39,40,46)/t22-,23-,24+,30-/m0/s1. The van der Waals surface area contributed by atoms with Gasteiger partial charge in [-0.3, -0.25) is 4.79 Å². The number of nitrogens with zero attached hydrogens (tertiary/aromatic N) is 4. The number of hydrogen-bond donors (Lipinski definition) is 3. The molecular weight excluding hydrogens is 693 g/mol. The van der Waals surface area contributed by atoms with E-state index >= 15 is 0 Å². The molecule has 0 spiro atoms. The van der Waals surface area contributed by atoms with Crippen molar-refractivity contribution >= 4 is 33.3 Å². The number of aryl methyl sites for hydroxylation is 1. The van der Waals surface area contributed by atoms with Gasteiger partial charge in [-0.2, -0.15) is 17.5 Å². The normalized spacial score (nSPS) is 20.2. The fourth-order valence-corrected chi connectivity index (χ4v) is 6.67. The van der Waals surface area contributed by atoms with Gasteiger partial charge in [-0.25, -0.2) is 18.2 Å². The smallest absolute Gasteiger partial charge is 0.416 e. The van der Waals surface area contributed by atoms with Crippen molar-refractivity contribution in [3.05, 3.63) is 66.1 Å². The van der Waals surface area contributed by atoms with Gasteiger partial charge in [0, 0.05) is 57.3 Å². The van der Waals surface area contributed by atoms with Crippen LogP contribution in [0.4, 0.5) is 29.3 Å². The third-order valence-electron chi connectivity index (χ3n) is 8.57. The maximum Gasteiger partial charge on any atom is 0.416 e. The van der Waals surface area contributed by atoms with E-state index in [1.54, 1.807) is 26.1 Å². The number of ether oxygens (including phenoxy) is 2. The second-order valence-corrected chi connectivity index (χ2v) is 14.8. The third-order valence-corrected chi connectivity index (χ3v) is 10.3. The molecule has 1 aliphatic rings. The zero-order valence-corrected chi connectivity index (χ0v) is 30.0. The molecule has 0 saturated carbocycles. The van der Waals surface area contributed by atoms with Crippen LogP contribution >= 0.6 is 0 Å². The van der Waals surface area contributed by atoms with E-state index in [0.717, 1.165) is 30.7 Å². The number of alkyl halides is 3. The lowest BCUT2D eigenvalue weighted by Crippen LogP contribution is -2.48. The van der Waals surface area contributed by atoms with Gasteiger partial charge in [0.1, 0.15) is 5.75 Å². The molecule has 4 atom stereocenters. The quantitative estimate of drug-likeness (QED) is 0.285. The van der Waals surface area contributed by atoms with Crippen LogP contribution in [0.5, 0.6) is 5.75 Å². The number of carbonyl (C=O) groups is 2. The lowest BCUT2D eigenvalue weighted by molar-refractivity contribution is -0.137. The number of aromatic nitrogens is 2. The average molecular weight is 739 g/mol. The van der Waals surface area contributed by atoms with Crippen LogP contribution in [-0.4, -0.2) is 95.8 Å². The number of hydrogen-bond acceptors (Lipinski definition) is 8. The molecule has 4 rings (SSSR count). The van der Waals surface area contributed by atoms with Crippen molar-refractivity contribution in [3.63, 3.8) is 0 Å². The summed E-state index contributed by atoms with van der Waals surface area (Å²) in [6.45, 7) is 5.40. The number of aliphatic hydroxyl groups is 1. The van der Waals surface area contributed by atoms with Gasteiger partial charge >= 0.3 is 12.2 Å². The molecular formula is C34H45F3N6O7S. The van der Waals surface area contributed by atoms with Crippen molar-refractivity contribution in [2.45, 2.75) is 69.5 Å². The van der Waals surface area contributed by atoms with Crippen molar-refractivity contribution in [2.75, 3.05) is 44.0 Å². The summed E-state index contributed by atoms with van der Waals surface area (Å²) < 4.78 is 80.6. The molecule has 2 heterocycles. The lowest BCUT2D eigenvalue weighted by Gasteiger charge is -2.35. The zero-order valence-electron chi connectivity index (χ0n) is 29.2. The van der Waals surface area contributed by atoms with Crippen molar-refractivity contribution in [1.82, 2.24) is 18.8 Å². The summed E-state index contributed by atoms with van der Waals surface area (Å²) in [4.78, 5) is 32.6. The van der Waals surface area contributed by atoms with E-state index in [1.165, 1.54) is 39.4 Å². The van der Waals surface area contributed by atoms with Crippen LogP contribution in [0.25, 0.3) is 0 Å². The number of amides is 3. The highest BCUT2D eigenvalue weighted by Crippen LogP contribution is 2.31. The number of rotatable bonds is 8. The topological polar surface area (TPSA) is 155 Å². The summed E-state index contributed by atoms with van der Waals surface area (Å²) >= 11 is 0. The molecule has 0 saturated heterocycles. The first-order chi connectivity index (χ1) is 24.0. The fourth-order valence-electron chi connectivity index (χ4n) is 5.53. The number of sulfonamides is 1. The predicted molar refractivity (Wildman–Crippen MR) is 184 cm³/mol. The maximum absolute atomic E-state index is 14.3. The van der Waals surface area contributed by atoms with E-state index in [9.17, 15) is 36.3 Å². The Morgan fingerprint density at radius 3 is 2.41 bits per heavy atom. The number of imidazole rings is 1. The predicted octanol–water partition coefficient (Wildman–Crippen LogP) is 5.20. The summed E-state index contributed by atoms with van der Waals surface area (Å²) in [7, 11) is -0.820. The van der Waals surface area contributed by atoms with Gasteiger partial charge in [-0.15, -0.1) is 0 Å². The van der Waals surface area contributed by atoms with Crippen LogP contribution in [0.3, 0.4) is 0 Å². The third kappa shape index (κ3) is 10.4. The molecule has 1 aromatic heterocycles.